The third-order valence-corrected chi connectivity index (χ3v) is 5.53. The van der Waals surface area contributed by atoms with Crippen molar-refractivity contribution in [1.82, 2.24) is 0 Å². The Morgan fingerprint density at radius 1 is 0.542 bits per heavy atom. The van der Waals surface area contributed by atoms with Crippen LogP contribution in [0.15, 0.2) is 0 Å². The Labute approximate surface area is 152 Å². The van der Waals surface area contributed by atoms with Crippen LogP contribution in [0.1, 0.15) is 130 Å². The number of rotatable bonds is 19. The maximum Gasteiger partial charge on any atom is 0.0819 e. The number of unbranched alkanes of at least 4 members (excludes halogenated alkanes) is 9. The Balaban J connectivity index is 3.60. The lowest BCUT2D eigenvalue weighted by Gasteiger charge is -2.34. The Bertz CT molecular complexity index is 223. The molecule has 0 unspecified atom stereocenters. The summed E-state index contributed by atoms with van der Waals surface area (Å²) in [5.74, 6) is 0. The van der Waals surface area contributed by atoms with Crippen molar-refractivity contribution in [2.45, 2.75) is 130 Å². The SMILES string of the molecule is CCCC(CCC)(CCC)CCCCCCCCCCCCOO. The molecule has 0 radical (unpaired) electrons. The monoisotopic (exact) mass is 342 g/mol. The summed E-state index contributed by atoms with van der Waals surface area (Å²) in [6.45, 7) is 7.57. The fraction of sp³-hybridized carbons (Fsp3) is 1.00. The second-order valence-electron chi connectivity index (χ2n) is 7.87. The molecule has 0 aliphatic heterocycles. The Hall–Kier alpha value is -0.0800. The van der Waals surface area contributed by atoms with E-state index in [4.69, 9.17) is 5.26 Å². The minimum Gasteiger partial charge on any atom is -0.252 e. The molecule has 0 aromatic carbocycles. The second kappa shape index (κ2) is 17.7. The van der Waals surface area contributed by atoms with Crippen LogP contribution in [0.5, 0.6) is 0 Å². The van der Waals surface area contributed by atoms with E-state index in [0.29, 0.717) is 12.0 Å². The molecular weight excluding hydrogens is 296 g/mol. The highest BCUT2D eigenvalue weighted by Gasteiger charge is 2.26. The molecule has 0 aromatic heterocycles. The smallest absolute Gasteiger partial charge is 0.0819 e. The van der Waals surface area contributed by atoms with Crippen LogP contribution in [0.2, 0.25) is 0 Å². The molecule has 0 aliphatic rings. The van der Waals surface area contributed by atoms with E-state index in [1.54, 1.807) is 0 Å². The first-order valence-electron chi connectivity index (χ1n) is 11.0. The lowest BCUT2D eigenvalue weighted by molar-refractivity contribution is -0.242. The quantitative estimate of drug-likeness (QED) is 0.146. The average molecular weight is 343 g/mol. The normalized spacial score (nSPS) is 12.0. The molecule has 0 saturated carbocycles. The van der Waals surface area contributed by atoms with Crippen LogP contribution in [0.25, 0.3) is 0 Å². The molecule has 0 spiro atoms. The average Bonchev–Trinajstić information content (AvgIpc) is 2.56. The van der Waals surface area contributed by atoms with Crippen molar-refractivity contribution in [3.05, 3.63) is 0 Å². The van der Waals surface area contributed by atoms with Gasteiger partial charge in [-0.2, -0.15) is 0 Å². The molecule has 0 amide bonds. The molecule has 2 heteroatoms. The van der Waals surface area contributed by atoms with Crippen molar-refractivity contribution in [3.63, 3.8) is 0 Å². The van der Waals surface area contributed by atoms with Gasteiger partial charge in [-0.3, -0.25) is 5.26 Å². The van der Waals surface area contributed by atoms with E-state index in [2.05, 4.69) is 25.7 Å². The van der Waals surface area contributed by atoms with E-state index in [9.17, 15) is 0 Å². The molecule has 0 heterocycles. The first-order chi connectivity index (χ1) is 11.7. The molecule has 0 atom stereocenters. The topological polar surface area (TPSA) is 29.5 Å². The van der Waals surface area contributed by atoms with Gasteiger partial charge in [-0.05, 0) is 37.5 Å². The van der Waals surface area contributed by atoms with Crippen molar-refractivity contribution < 1.29 is 10.1 Å². The summed E-state index contributed by atoms with van der Waals surface area (Å²) in [6, 6.07) is 0. The van der Waals surface area contributed by atoms with Gasteiger partial charge in [0.2, 0.25) is 0 Å². The van der Waals surface area contributed by atoms with Crippen molar-refractivity contribution in [2.24, 2.45) is 5.41 Å². The zero-order valence-electron chi connectivity index (χ0n) is 17.1. The van der Waals surface area contributed by atoms with Gasteiger partial charge in [-0.25, -0.2) is 4.89 Å². The molecule has 2 nitrogen and oxygen atoms in total. The largest absolute Gasteiger partial charge is 0.252 e. The summed E-state index contributed by atoms with van der Waals surface area (Å²) in [6.07, 6.45) is 23.2. The fourth-order valence-electron chi connectivity index (χ4n) is 4.42. The first-order valence-corrected chi connectivity index (χ1v) is 11.0. The van der Waals surface area contributed by atoms with Crippen molar-refractivity contribution in [2.75, 3.05) is 6.61 Å². The summed E-state index contributed by atoms with van der Waals surface area (Å²) in [5, 5.41) is 8.25. The predicted molar refractivity (Wildman–Crippen MR) is 107 cm³/mol. The molecule has 146 valence electrons. The van der Waals surface area contributed by atoms with E-state index in [-0.39, 0.29) is 0 Å². The third kappa shape index (κ3) is 13.2. The van der Waals surface area contributed by atoms with Crippen LogP contribution >= 0.6 is 0 Å². The highest BCUT2D eigenvalue weighted by molar-refractivity contribution is 4.78. The van der Waals surface area contributed by atoms with Gasteiger partial charge >= 0.3 is 0 Å². The van der Waals surface area contributed by atoms with Crippen molar-refractivity contribution >= 4 is 0 Å². The molecule has 0 saturated heterocycles. The summed E-state index contributed by atoms with van der Waals surface area (Å²) in [7, 11) is 0. The number of hydrogen-bond donors (Lipinski definition) is 1. The summed E-state index contributed by atoms with van der Waals surface area (Å²) < 4.78 is 0. The van der Waals surface area contributed by atoms with Gasteiger partial charge in [0.15, 0.2) is 0 Å². The van der Waals surface area contributed by atoms with Crippen LogP contribution in [0, 0.1) is 5.41 Å². The van der Waals surface area contributed by atoms with Crippen molar-refractivity contribution in [3.8, 4) is 0 Å². The van der Waals surface area contributed by atoms with E-state index in [0.717, 1.165) is 6.42 Å². The molecule has 0 aromatic rings. The van der Waals surface area contributed by atoms with Crippen LogP contribution < -0.4 is 0 Å². The maximum atomic E-state index is 8.25. The molecule has 0 fully saturated rings. The van der Waals surface area contributed by atoms with Crippen molar-refractivity contribution in [1.29, 1.82) is 0 Å². The van der Waals surface area contributed by atoms with Gasteiger partial charge in [-0.15, -0.1) is 0 Å². The third-order valence-electron chi connectivity index (χ3n) is 5.53. The minimum absolute atomic E-state index is 0.496. The Morgan fingerprint density at radius 2 is 0.917 bits per heavy atom. The van der Waals surface area contributed by atoms with Crippen LogP contribution in [-0.4, -0.2) is 11.9 Å². The zero-order valence-corrected chi connectivity index (χ0v) is 17.1. The van der Waals surface area contributed by atoms with Crippen LogP contribution in [-0.2, 0) is 4.89 Å². The Kier molecular flexibility index (Phi) is 17.7. The fourth-order valence-corrected chi connectivity index (χ4v) is 4.42. The zero-order chi connectivity index (χ0) is 17.9. The lowest BCUT2D eigenvalue weighted by Crippen LogP contribution is -2.20. The minimum atomic E-state index is 0.496. The van der Waals surface area contributed by atoms with Gasteiger partial charge < -0.3 is 0 Å². The van der Waals surface area contributed by atoms with Gasteiger partial charge in [0.25, 0.3) is 0 Å². The summed E-state index contributed by atoms with van der Waals surface area (Å²) in [4.78, 5) is 4.09. The molecule has 24 heavy (non-hydrogen) atoms. The molecule has 0 bridgehead atoms. The molecule has 0 rings (SSSR count). The standard InChI is InChI=1S/C22H46O2/c1-4-17-22(18-5-2,19-6-3)20-15-13-11-9-7-8-10-12-14-16-21-24-23/h23H,4-21H2,1-3H3. The molecular formula is C22H46O2. The first kappa shape index (κ1) is 23.9. The van der Waals surface area contributed by atoms with Crippen LogP contribution in [0.4, 0.5) is 0 Å². The second-order valence-corrected chi connectivity index (χ2v) is 7.87. The van der Waals surface area contributed by atoms with Gasteiger partial charge in [-0.1, -0.05) is 97.8 Å². The van der Waals surface area contributed by atoms with E-state index in [1.165, 1.54) is 103 Å². The van der Waals surface area contributed by atoms with E-state index in [1.807, 2.05) is 0 Å². The predicted octanol–water partition coefficient (Wildman–Crippen LogP) is 8.15. The maximum absolute atomic E-state index is 8.25. The highest BCUT2D eigenvalue weighted by Crippen LogP contribution is 2.40. The van der Waals surface area contributed by atoms with E-state index >= 15 is 0 Å². The highest BCUT2D eigenvalue weighted by atomic mass is 17.1. The number of hydrogen-bond acceptors (Lipinski definition) is 2. The summed E-state index contributed by atoms with van der Waals surface area (Å²) in [5.41, 5.74) is 0.663. The van der Waals surface area contributed by atoms with Crippen LogP contribution in [0.3, 0.4) is 0 Å². The van der Waals surface area contributed by atoms with Gasteiger partial charge in [0, 0.05) is 0 Å². The summed E-state index contributed by atoms with van der Waals surface area (Å²) >= 11 is 0. The van der Waals surface area contributed by atoms with Gasteiger partial charge in [0.05, 0.1) is 6.61 Å². The molecule has 0 aliphatic carbocycles. The van der Waals surface area contributed by atoms with E-state index < -0.39 is 0 Å². The Morgan fingerprint density at radius 3 is 1.29 bits per heavy atom. The lowest BCUT2D eigenvalue weighted by atomic mass is 9.72. The molecule has 1 N–H and O–H groups in total. The van der Waals surface area contributed by atoms with Gasteiger partial charge in [0.1, 0.15) is 0 Å².